The van der Waals surface area contributed by atoms with Crippen LogP contribution >= 0.6 is 11.6 Å². The number of hydrogen-bond acceptors (Lipinski definition) is 2. The van der Waals surface area contributed by atoms with E-state index in [-0.39, 0.29) is 23.8 Å². The number of aryl methyl sites for hydroxylation is 1. The summed E-state index contributed by atoms with van der Waals surface area (Å²) in [7, 11) is 0. The largest absolute Gasteiger partial charge is 0.353 e. The molecule has 154 valence electrons. The smallest absolute Gasteiger partial charge is 0.223 e. The quantitative estimate of drug-likeness (QED) is 0.738. The van der Waals surface area contributed by atoms with Crippen molar-refractivity contribution in [2.24, 2.45) is 5.92 Å². The Morgan fingerprint density at radius 3 is 2.41 bits per heavy atom. The lowest BCUT2D eigenvalue weighted by Crippen LogP contribution is -2.45. The van der Waals surface area contributed by atoms with Crippen LogP contribution in [-0.2, 0) is 22.4 Å². The third kappa shape index (κ3) is 6.33. The van der Waals surface area contributed by atoms with Crippen LogP contribution < -0.4 is 5.32 Å². The lowest BCUT2D eigenvalue weighted by Gasteiger charge is -2.32. The third-order valence-corrected chi connectivity index (χ3v) is 5.93. The number of hydrogen-bond donors (Lipinski definition) is 1. The molecule has 2 aromatic carbocycles. The van der Waals surface area contributed by atoms with E-state index in [1.54, 1.807) is 0 Å². The second-order valence-electron chi connectivity index (χ2n) is 7.85. The number of nitrogens with zero attached hydrogens (tertiary/aromatic N) is 1. The second-order valence-corrected chi connectivity index (χ2v) is 8.25. The molecule has 3 rings (SSSR count). The lowest BCUT2D eigenvalue weighted by molar-refractivity contribution is -0.135. The van der Waals surface area contributed by atoms with Crippen molar-refractivity contribution >= 4 is 23.4 Å². The number of rotatable bonds is 7. The van der Waals surface area contributed by atoms with Gasteiger partial charge in [-0.2, -0.15) is 0 Å². The van der Waals surface area contributed by atoms with Gasteiger partial charge in [0.1, 0.15) is 0 Å². The van der Waals surface area contributed by atoms with Crippen molar-refractivity contribution in [3.8, 4) is 0 Å². The highest BCUT2D eigenvalue weighted by atomic mass is 35.5. The van der Waals surface area contributed by atoms with Crippen LogP contribution in [0.4, 0.5) is 0 Å². The van der Waals surface area contributed by atoms with Crippen molar-refractivity contribution in [1.29, 1.82) is 0 Å². The minimum Gasteiger partial charge on any atom is -0.353 e. The van der Waals surface area contributed by atoms with Crippen LogP contribution in [0.25, 0.3) is 0 Å². The van der Waals surface area contributed by atoms with E-state index in [4.69, 9.17) is 11.6 Å². The van der Waals surface area contributed by atoms with Crippen LogP contribution in [0.15, 0.2) is 54.6 Å². The molecule has 1 fully saturated rings. The fourth-order valence-corrected chi connectivity index (χ4v) is 4.06. The summed E-state index contributed by atoms with van der Waals surface area (Å²) in [5.41, 5.74) is 2.23. The number of nitrogens with one attached hydrogen (secondary N) is 1. The Morgan fingerprint density at radius 2 is 1.72 bits per heavy atom. The summed E-state index contributed by atoms with van der Waals surface area (Å²) >= 11 is 6.21. The van der Waals surface area contributed by atoms with Crippen LogP contribution in [0.3, 0.4) is 0 Å². The van der Waals surface area contributed by atoms with E-state index in [1.807, 2.05) is 66.4 Å². The molecule has 2 aromatic rings. The first-order chi connectivity index (χ1) is 14.0. The van der Waals surface area contributed by atoms with Crippen LogP contribution in [-0.4, -0.2) is 35.8 Å². The first-order valence-electron chi connectivity index (χ1n) is 10.4. The van der Waals surface area contributed by atoms with Crippen molar-refractivity contribution in [3.05, 3.63) is 70.7 Å². The molecule has 0 saturated carbocycles. The Morgan fingerprint density at radius 1 is 1.07 bits per heavy atom. The molecule has 0 spiro atoms. The zero-order valence-corrected chi connectivity index (χ0v) is 17.7. The number of benzene rings is 2. The Kier molecular flexibility index (Phi) is 7.70. The van der Waals surface area contributed by atoms with Crippen LogP contribution in [0.1, 0.15) is 37.3 Å². The van der Waals surface area contributed by atoms with Crippen molar-refractivity contribution in [3.63, 3.8) is 0 Å². The van der Waals surface area contributed by atoms with Crippen LogP contribution in [0.2, 0.25) is 5.02 Å². The first-order valence-corrected chi connectivity index (χ1v) is 10.8. The van der Waals surface area contributed by atoms with Crippen LogP contribution in [0.5, 0.6) is 0 Å². The van der Waals surface area contributed by atoms with E-state index >= 15 is 0 Å². The Labute approximate surface area is 178 Å². The van der Waals surface area contributed by atoms with Crippen molar-refractivity contribution < 1.29 is 9.59 Å². The van der Waals surface area contributed by atoms with Gasteiger partial charge in [0.25, 0.3) is 0 Å². The van der Waals surface area contributed by atoms with E-state index in [1.165, 1.54) is 5.56 Å². The van der Waals surface area contributed by atoms with Crippen LogP contribution in [0, 0.1) is 5.92 Å². The second kappa shape index (κ2) is 10.4. The molecule has 0 aromatic heterocycles. The van der Waals surface area contributed by atoms with E-state index in [0.29, 0.717) is 25.9 Å². The van der Waals surface area contributed by atoms with E-state index < -0.39 is 0 Å². The molecule has 0 unspecified atom stereocenters. The maximum absolute atomic E-state index is 12.6. The molecular formula is C24H29ClN2O2. The molecule has 1 atom stereocenters. The molecule has 1 saturated heterocycles. The molecule has 1 heterocycles. The SMILES string of the molecule is C[C@H](Cc1ccccc1Cl)NC(=O)C1CCN(C(=O)CCc2ccccc2)CC1. The number of carbonyl (C=O) groups excluding carboxylic acids is 2. The Hall–Kier alpha value is -2.33. The van der Waals surface area contributed by atoms with Gasteiger partial charge >= 0.3 is 0 Å². The standard InChI is InChI=1S/C24H29ClN2O2/c1-18(17-21-9-5-6-10-22(21)25)26-24(29)20-13-15-27(16-14-20)23(28)12-11-19-7-3-2-4-8-19/h2-10,18,20H,11-17H2,1H3,(H,26,29)/t18-/m1/s1. The zero-order valence-electron chi connectivity index (χ0n) is 16.9. The van der Waals surface area contributed by atoms with Gasteiger partial charge in [-0.1, -0.05) is 60.1 Å². The molecular weight excluding hydrogens is 384 g/mol. The van der Waals surface area contributed by atoms with Gasteiger partial charge in [0.2, 0.25) is 11.8 Å². The summed E-state index contributed by atoms with van der Waals surface area (Å²) in [6.07, 6.45) is 3.45. The summed E-state index contributed by atoms with van der Waals surface area (Å²) in [5, 5.41) is 3.85. The molecule has 1 N–H and O–H groups in total. The average molecular weight is 413 g/mol. The number of likely N-dealkylation sites (tertiary alicyclic amines) is 1. The molecule has 0 radical (unpaired) electrons. The van der Waals surface area contributed by atoms with E-state index in [2.05, 4.69) is 5.32 Å². The Balaban J connectivity index is 1.40. The minimum atomic E-state index is -0.0260. The van der Waals surface area contributed by atoms with Gasteiger partial charge < -0.3 is 10.2 Å². The summed E-state index contributed by atoms with van der Waals surface area (Å²) in [4.78, 5) is 27.0. The molecule has 1 aliphatic rings. The van der Waals surface area contributed by atoms with E-state index in [0.717, 1.165) is 29.8 Å². The van der Waals surface area contributed by atoms with Gasteiger partial charge in [0, 0.05) is 36.5 Å². The van der Waals surface area contributed by atoms with Crippen molar-refractivity contribution in [2.45, 2.75) is 45.1 Å². The molecule has 2 amide bonds. The van der Waals surface area contributed by atoms with Crippen molar-refractivity contribution in [1.82, 2.24) is 10.2 Å². The summed E-state index contributed by atoms with van der Waals surface area (Å²) < 4.78 is 0. The number of piperidine rings is 1. The predicted octanol–water partition coefficient (Wildman–Crippen LogP) is 4.26. The third-order valence-electron chi connectivity index (χ3n) is 5.56. The lowest BCUT2D eigenvalue weighted by atomic mass is 9.94. The van der Waals surface area contributed by atoms with Gasteiger partial charge in [0.15, 0.2) is 0 Å². The van der Waals surface area contributed by atoms with Crippen molar-refractivity contribution in [2.75, 3.05) is 13.1 Å². The molecule has 29 heavy (non-hydrogen) atoms. The molecule has 4 nitrogen and oxygen atoms in total. The average Bonchev–Trinajstić information content (AvgIpc) is 2.74. The van der Waals surface area contributed by atoms with E-state index in [9.17, 15) is 9.59 Å². The number of halogens is 1. The van der Waals surface area contributed by atoms with Gasteiger partial charge in [-0.15, -0.1) is 0 Å². The van der Waals surface area contributed by atoms with Gasteiger partial charge in [-0.3, -0.25) is 9.59 Å². The monoisotopic (exact) mass is 412 g/mol. The summed E-state index contributed by atoms with van der Waals surface area (Å²) in [5.74, 6) is 0.239. The maximum Gasteiger partial charge on any atom is 0.223 e. The van der Waals surface area contributed by atoms with Gasteiger partial charge in [-0.25, -0.2) is 0 Å². The summed E-state index contributed by atoms with van der Waals surface area (Å²) in [6.45, 7) is 3.32. The minimum absolute atomic E-state index is 0.0212. The molecule has 0 bridgehead atoms. The fraction of sp³-hybridized carbons (Fsp3) is 0.417. The number of carbonyl (C=O) groups is 2. The van der Waals surface area contributed by atoms with Gasteiger partial charge in [-0.05, 0) is 49.8 Å². The predicted molar refractivity (Wildman–Crippen MR) is 117 cm³/mol. The fourth-order valence-electron chi connectivity index (χ4n) is 3.85. The highest BCUT2D eigenvalue weighted by Crippen LogP contribution is 2.20. The number of amides is 2. The summed E-state index contributed by atoms with van der Waals surface area (Å²) in [6, 6.07) is 17.8. The maximum atomic E-state index is 12.6. The molecule has 5 heteroatoms. The molecule has 0 aliphatic carbocycles. The van der Waals surface area contributed by atoms with Gasteiger partial charge in [0.05, 0.1) is 0 Å². The zero-order chi connectivity index (χ0) is 20.6. The normalized spacial score (nSPS) is 15.7. The topological polar surface area (TPSA) is 49.4 Å². The highest BCUT2D eigenvalue weighted by molar-refractivity contribution is 6.31. The molecule has 1 aliphatic heterocycles. The Bertz CT molecular complexity index is 817. The first kappa shape index (κ1) is 21.4. The highest BCUT2D eigenvalue weighted by Gasteiger charge is 2.27.